The molecular formula is C33H41N7O2. The molecule has 42 heavy (non-hydrogen) atoms. The minimum Gasteiger partial charge on any atom is -0.399 e. The van der Waals surface area contributed by atoms with Crippen LogP contribution in [0.1, 0.15) is 59.4 Å². The third-order valence-corrected chi connectivity index (χ3v) is 9.61. The van der Waals surface area contributed by atoms with Gasteiger partial charge in [-0.2, -0.15) is 5.10 Å². The van der Waals surface area contributed by atoms with Gasteiger partial charge in [0.15, 0.2) is 0 Å². The summed E-state index contributed by atoms with van der Waals surface area (Å²) in [4.78, 5) is 23.7. The lowest BCUT2D eigenvalue weighted by molar-refractivity contribution is 0.0966. The van der Waals surface area contributed by atoms with Crippen molar-refractivity contribution in [2.75, 3.05) is 46.4 Å². The summed E-state index contributed by atoms with van der Waals surface area (Å²) in [7, 11) is 3.56. The van der Waals surface area contributed by atoms with Crippen LogP contribution in [0.3, 0.4) is 0 Å². The molecule has 9 heteroatoms. The van der Waals surface area contributed by atoms with Crippen molar-refractivity contribution in [1.82, 2.24) is 29.5 Å². The molecule has 2 aromatic carbocycles. The molecule has 4 aromatic rings. The van der Waals surface area contributed by atoms with Crippen molar-refractivity contribution in [2.45, 2.75) is 52.6 Å². The average Bonchev–Trinajstić information content (AvgIpc) is 3.67. The molecule has 7 rings (SSSR count). The molecule has 4 heterocycles. The average molecular weight is 568 g/mol. The van der Waals surface area contributed by atoms with E-state index in [-0.39, 0.29) is 5.91 Å². The molecule has 0 radical (unpaired) electrons. The largest absolute Gasteiger partial charge is 0.399 e. The van der Waals surface area contributed by atoms with Crippen LogP contribution in [0.5, 0.6) is 0 Å². The molecule has 0 atom stereocenters. The second-order valence-electron chi connectivity index (χ2n) is 12.0. The summed E-state index contributed by atoms with van der Waals surface area (Å²) in [5.74, 6) is 0.0252. The zero-order valence-electron chi connectivity index (χ0n) is 25.3. The second kappa shape index (κ2) is 10.9. The fraction of sp³-hybridized carbons (Fsp3) is 0.485. The molecule has 1 amide bonds. The fourth-order valence-electron chi connectivity index (χ4n) is 7.50. The van der Waals surface area contributed by atoms with E-state index in [1.807, 2.05) is 18.7 Å². The lowest BCUT2D eigenvalue weighted by Crippen LogP contribution is -2.46. The second-order valence-corrected chi connectivity index (χ2v) is 12.0. The molecule has 3 aliphatic rings. The number of hydrogen-bond acceptors (Lipinski definition) is 6. The van der Waals surface area contributed by atoms with Gasteiger partial charge in [-0.1, -0.05) is 18.1 Å². The minimum atomic E-state index is 0.0252. The van der Waals surface area contributed by atoms with Crippen LogP contribution in [0, 0.1) is 0 Å². The number of aromatic nitrogens is 3. The Morgan fingerprint density at radius 1 is 1.05 bits per heavy atom. The number of piperazine rings is 1. The van der Waals surface area contributed by atoms with Gasteiger partial charge in [-0.3, -0.25) is 9.48 Å². The number of amides is 1. The number of unbranched alkanes of at least 4 members (excludes halogenated alkanes) is 1. The van der Waals surface area contributed by atoms with Crippen molar-refractivity contribution in [1.29, 1.82) is 0 Å². The van der Waals surface area contributed by atoms with E-state index in [1.54, 1.807) is 7.11 Å². The molecule has 0 bridgehead atoms. The van der Waals surface area contributed by atoms with E-state index in [0.717, 1.165) is 78.1 Å². The Morgan fingerprint density at radius 3 is 2.62 bits per heavy atom. The fourth-order valence-corrected chi connectivity index (χ4v) is 7.50. The van der Waals surface area contributed by atoms with E-state index in [2.05, 4.69) is 56.2 Å². The molecule has 9 nitrogen and oxygen atoms in total. The lowest BCUT2D eigenvalue weighted by Gasteiger charge is -2.34. The first-order valence-electron chi connectivity index (χ1n) is 15.5. The summed E-state index contributed by atoms with van der Waals surface area (Å²) in [5.41, 5.74) is 10.9. The predicted octanol–water partition coefficient (Wildman–Crippen LogP) is 4.33. The van der Waals surface area contributed by atoms with Crippen molar-refractivity contribution >= 4 is 33.4 Å². The standard InChI is InChI=1S/C33H41N7O2/c1-5-38-14-16-39(17-15-38)12-6-7-13-40-28-11-8-22(21(2)36-42-4)18-24(28)30-25-19-34-33(41)31(25)29-23(32(30)40)9-10-27-26(29)20-37(3)35-27/h8,11,18,20H,5-7,9-10,12-17,19H2,1-4H3,(H,34,41). The van der Waals surface area contributed by atoms with E-state index in [9.17, 15) is 4.79 Å². The number of nitrogens with one attached hydrogen (secondary N) is 1. The highest BCUT2D eigenvalue weighted by atomic mass is 16.6. The van der Waals surface area contributed by atoms with Gasteiger partial charge in [0.2, 0.25) is 0 Å². The molecule has 220 valence electrons. The molecule has 0 saturated carbocycles. The highest BCUT2D eigenvalue weighted by Crippen LogP contribution is 2.47. The highest BCUT2D eigenvalue weighted by molar-refractivity contribution is 6.20. The maximum absolute atomic E-state index is 13.4. The number of fused-ring (bicyclic) bond motifs is 10. The van der Waals surface area contributed by atoms with E-state index < -0.39 is 0 Å². The molecule has 0 unspecified atom stereocenters. The van der Waals surface area contributed by atoms with E-state index in [1.165, 1.54) is 60.0 Å². The van der Waals surface area contributed by atoms with Crippen LogP contribution < -0.4 is 5.32 Å². The number of nitrogens with zero attached hydrogens (tertiary/aromatic N) is 6. The maximum atomic E-state index is 13.4. The summed E-state index contributed by atoms with van der Waals surface area (Å²) in [6, 6.07) is 6.63. The normalized spacial score (nSPS) is 17.5. The van der Waals surface area contributed by atoms with Gasteiger partial charge in [-0.15, -0.1) is 0 Å². The zero-order valence-corrected chi connectivity index (χ0v) is 25.3. The maximum Gasteiger partial charge on any atom is 0.252 e. The SMILES string of the molecule is CCN1CCN(CCCCn2c3ccc(C(C)=NOC)cc3c3c4c(c5c(c32)CCc2nn(C)cc2-5)C(=O)NC4)CC1. The number of carbonyl (C=O) groups excluding carboxylic acids is 1. The van der Waals surface area contributed by atoms with Gasteiger partial charge in [0, 0.05) is 79.9 Å². The minimum absolute atomic E-state index is 0.0252. The van der Waals surface area contributed by atoms with Crippen molar-refractivity contribution in [2.24, 2.45) is 12.2 Å². The summed E-state index contributed by atoms with van der Waals surface area (Å²) in [6.07, 6.45) is 6.14. The lowest BCUT2D eigenvalue weighted by atomic mass is 9.82. The summed E-state index contributed by atoms with van der Waals surface area (Å²) >= 11 is 0. The van der Waals surface area contributed by atoms with Crippen LogP contribution in [0.2, 0.25) is 0 Å². The van der Waals surface area contributed by atoms with Gasteiger partial charge in [-0.05, 0) is 74.5 Å². The first kappa shape index (κ1) is 27.2. The first-order chi connectivity index (χ1) is 20.5. The van der Waals surface area contributed by atoms with Crippen molar-refractivity contribution in [3.63, 3.8) is 0 Å². The highest BCUT2D eigenvalue weighted by Gasteiger charge is 2.35. The molecule has 1 aliphatic carbocycles. The molecule has 2 aromatic heterocycles. The van der Waals surface area contributed by atoms with Gasteiger partial charge >= 0.3 is 0 Å². The van der Waals surface area contributed by atoms with Gasteiger partial charge in [-0.25, -0.2) is 0 Å². The van der Waals surface area contributed by atoms with Gasteiger partial charge < -0.3 is 24.5 Å². The smallest absolute Gasteiger partial charge is 0.252 e. The number of benzene rings is 2. The van der Waals surface area contributed by atoms with Crippen LogP contribution in [-0.2, 0) is 37.8 Å². The molecule has 0 spiro atoms. The number of hydrogen-bond donors (Lipinski definition) is 1. The third kappa shape index (κ3) is 4.41. The molecule has 1 saturated heterocycles. The Balaban J connectivity index is 1.35. The Hall–Kier alpha value is -3.69. The Morgan fingerprint density at radius 2 is 1.83 bits per heavy atom. The van der Waals surface area contributed by atoms with Crippen LogP contribution in [0.25, 0.3) is 32.9 Å². The number of oxime groups is 1. The molecule has 1 fully saturated rings. The zero-order chi connectivity index (χ0) is 29.0. The molecule has 1 N–H and O–H groups in total. The van der Waals surface area contributed by atoms with Crippen LogP contribution in [0.4, 0.5) is 0 Å². The van der Waals surface area contributed by atoms with Crippen molar-refractivity contribution in [3.8, 4) is 11.1 Å². The van der Waals surface area contributed by atoms with E-state index in [4.69, 9.17) is 9.94 Å². The number of likely N-dealkylation sites (N-methyl/N-ethyl adjacent to an activating group) is 1. The monoisotopic (exact) mass is 567 g/mol. The Bertz CT molecular complexity index is 1720. The predicted molar refractivity (Wildman–Crippen MR) is 167 cm³/mol. The van der Waals surface area contributed by atoms with Gasteiger partial charge in [0.25, 0.3) is 5.91 Å². The molecular weight excluding hydrogens is 526 g/mol. The Kier molecular flexibility index (Phi) is 7.02. The van der Waals surface area contributed by atoms with Crippen LogP contribution >= 0.6 is 0 Å². The molecule has 2 aliphatic heterocycles. The van der Waals surface area contributed by atoms with Crippen LogP contribution in [-0.4, -0.2) is 82.1 Å². The number of aryl methyl sites for hydroxylation is 4. The summed E-state index contributed by atoms with van der Waals surface area (Å²) in [6.45, 7) is 12.7. The Labute approximate surface area is 247 Å². The summed E-state index contributed by atoms with van der Waals surface area (Å²) < 4.78 is 4.44. The quantitative estimate of drug-likeness (QED) is 0.195. The topological polar surface area (TPSA) is 79.9 Å². The van der Waals surface area contributed by atoms with Gasteiger partial charge in [0.1, 0.15) is 7.11 Å². The van der Waals surface area contributed by atoms with E-state index in [0.29, 0.717) is 6.54 Å². The van der Waals surface area contributed by atoms with Crippen LogP contribution in [0.15, 0.2) is 29.6 Å². The first-order valence-corrected chi connectivity index (χ1v) is 15.5. The number of rotatable bonds is 8. The van der Waals surface area contributed by atoms with Crippen molar-refractivity contribution < 1.29 is 9.63 Å². The summed E-state index contributed by atoms with van der Waals surface area (Å²) in [5, 5.41) is 14.5. The third-order valence-electron chi connectivity index (χ3n) is 9.61. The van der Waals surface area contributed by atoms with Gasteiger partial charge in [0.05, 0.1) is 22.5 Å². The van der Waals surface area contributed by atoms with E-state index >= 15 is 0 Å². The number of carbonyl (C=O) groups is 1. The van der Waals surface area contributed by atoms with Crippen molar-refractivity contribution in [3.05, 3.63) is 52.3 Å².